The third-order valence-electron chi connectivity index (χ3n) is 3.62. The summed E-state index contributed by atoms with van der Waals surface area (Å²) in [6.45, 7) is 8.50. The largest absolute Gasteiger partial charge is 0.360 e. The maximum atomic E-state index is 4.36. The van der Waals surface area contributed by atoms with E-state index in [0.29, 0.717) is 0 Å². The highest BCUT2D eigenvalue weighted by molar-refractivity contribution is 7.18. The number of benzene rings is 1. The van der Waals surface area contributed by atoms with Gasteiger partial charge in [0, 0.05) is 12.1 Å². The Kier molecular flexibility index (Phi) is 10.5. The molecule has 0 fully saturated rings. The zero-order valence-corrected chi connectivity index (χ0v) is 17.5. The molecule has 0 bridgehead atoms. The second-order valence-electron chi connectivity index (χ2n) is 6.12. The van der Waals surface area contributed by atoms with E-state index >= 15 is 0 Å². The standard InChI is InChI=1S/C17H26N4S.2ClH/c1-12-10-13(2)15(14(3)11-12)16-19-20-17(22-16)18-8-6-7-9-21(4)5;;/h10-11H,6-9H2,1-5H3,(H,18,20);2*1H. The highest BCUT2D eigenvalue weighted by Crippen LogP contribution is 2.32. The minimum absolute atomic E-state index is 0. The summed E-state index contributed by atoms with van der Waals surface area (Å²) >= 11 is 1.64. The van der Waals surface area contributed by atoms with Crippen molar-refractivity contribution in [2.45, 2.75) is 33.6 Å². The summed E-state index contributed by atoms with van der Waals surface area (Å²) < 4.78 is 0. The summed E-state index contributed by atoms with van der Waals surface area (Å²) in [4.78, 5) is 2.21. The van der Waals surface area contributed by atoms with Gasteiger partial charge in [0.15, 0.2) is 0 Å². The number of aromatic nitrogens is 2. The average molecular weight is 391 g/mol. The molecule has 0 radical (unpaired) electrons. The van der Waals surface area contributed by atoms with Crippen molar-refractivity contribution in [3.8, 4) is 10.6 Å². The lowest BCUT2D eigenvalue weighted by Crippen LogP contribution is -2.14. The first-order valence-corrected chi connectivity index (χ1v) is 8.59. The third-order valence-corrected chi connectivity index (χ3v) is 4.52. The topological polar surface area (TPSA) is 41.1 Å². The fraction of sp³-hybridized carbons (Fsp3) is 0.529. The highest BCUT2D eigenvalue weighted by atomic mass is 35.5. The van der Waals surface area contributed by atoms with E-state index in [0.717, 1.165) is 29.6 Å². The zero-order valence-electron chi connectivity index (χ0n) is 15.0. The van der Waals surface area contributed by atoms with Gasteiger partial charge < -0.3 is 10.2 Å². The molecule has 2 aromatic rings. The first kappa shape index (κ1) is 23.1. The second-order valence-corrected chi connectivity index (χ2v) is 7.10. The molecule has 2 rings (SSSR count). The number of hydrogen-bond acceptors (Lipinski definition) is 5. The van der Waals surface area contributed by atoms with E-state index in [9.17, 15) is 0 Å². The predicted molar refractivity (Wildman–Crippen MR) is 110 cm³/mol. The summed E-state index contributed by atoms with van der Waals surface area (Å²) in [5.74, 6) is 0. The minimum Gasteiger partial charge on any atom is -0.360 e. The SMILES string of the molecule is Cc1cc(C)c(-c2nnc(NCCCCN(C)C)s2)c(C)c1.Cl.Cl. The van der Waals surface area contributed by atoms with Crippen molar-refractivity contribution in [1.82, 2.24) is 15.1 Å². The summed E-state index contributed by atoms with van der Waals surface area (Å²) in [7, 11) is 4.22. The van der Waals surface area contributed by atoms with Gasteiger partial charge >= 0.3 is 0 Å². The Morgan fingerprint density at radius 1 is 1.00 bits per heavy atom. The molecule has 136 valence electrons. The maximum absolute atomic E-state index is 4.36. The van der Waals surface area contributed by atoms with Crippen LogP contribution in [0.4, 0.5) is 5.13 Å². The Bertz CT molecular complexity index is 606. The summed E-state index contributed by atoms with van der Waals surface area (Å²) in [6, 6.07) is 4.41. The molecule has 1 N–H and O–H groups in total. The van der Waals surface area contributed by atoms with Gasteiger partial charge in [0.25, 0.3) is 0 Å². The molecule has 0 saturated heterocycles. The van der Waals surface area contributed by atoms with Gasteiger partial charge in [0.2, 0.25) is 5.13 Å². The van der Waals surface area contributed by atoms with Crippen LogP contribution in [0, 0.1) is 20.8 Å². The van der Waals surface area contributed by atoms with Gasteiger partial charge in [-0.25, -0.2) is 0 Å². The molecule has 24 heavy (non-hydrogen) atoms. The van der Waals surface area contributed by atoms with Crippen molar-refractivity contribution in [3.63, 3.8) is 0 Å². The van der Waals surface area contributed by atoms with E-state index in [-0.39, 0.29) is 24.8 Å². The molecule has 0 amide bonds. The van der Waals surface area contributed by atoms with Gasteiger partial charge in [-0.05, 0) is 65.4 Å². The molecule has 0 aliphatic carbocycles. The third kappa shape index (κ3) is 6.55. The maximum Gasteiger partial charge on any atom is 0.206 e. The normalized spacial score (nSPS) is 10.2. The number of unbranched alkanes of at least 4 members (excludes halogenated alkanes) is 1. The molecular formula is C17H28Cl2N4S. The lowest BCUT2D eigenvalue weighted by molar-refractivity contribution is 0.396. The Hall–Kier alpha value is -0.880. The number of halogens is 2. The van der Waals surface area contributed by atoms with Crippen LogP contribution in [-0.2, 0) is 0 Å². The van der Waals surface area contributed by atoms with Crippen LogP contribution in [0.5, 0.6) is 0 Å². The monoisotopic (exact) mass is 390 g/mol. The Labute approximate surface area is 161 Å². The molecule has 0 spiro atoms. The smallest absolute Gasteiger partial charge is 0.206 e. The van der Waals surface area contributed by atoms with Crippen LogP contribution in [0.15, 0.2) is 12.1 Å². The van der Waals surface area contributed by atoms with E-state index in [1.807, 2.05) is 0 Å². The van der Waals surface area contributed by atoms with Crippen LogP contribution in [0.25, 0.3) is 10.6 Å². The molecule has 0 aliphatic rings. The van der Waals surface area contributed by atoms with Crippen LogP contribution in [0.1, 0.15) is 29.5 Å². The van der Waals surface area contributed by atoms with Gasteiger partial charge in [-0.3, -0.25) is 0 Å². The number of rotatable bonds is 7. The Balaban J connectivity index is 0.00000264. The lowest BCUT2D eigenvalue weighted by Gasteiger charge is -2.08. The predicted octanol–water partition coefficient (Wildman–Crippen LogP) is 4.73. The lowest BCUT2D eigenvalue weighted by atomic mass is 10.0. The number of nitrogens with zero attached hydrogens (tertiary/aromatic N) is 3. The van der Waals surface area contributed by atoms with Crippen molar-refractivity contribution in [1.29, 1.82) is 0 Å². The van der Waals surface area contributed by atoms with Crippen molar-refractivity contribution >= 4 is 41.3 Å². The average Bonchev–Trinajstić information content (AvgIpc) is 2.85. The van der Waals surface area contributed by atoms with E-state index in [2.05, 4.69) is 67.4 Å². The van der Waals surface area contributed by atoms with E-state index < -0.39 is 0 Å². The van der Waals surface area contributed by atoms with Gasteiger partial charge in [-0.2, -0.15) is 0 Å². The summed E-state index contributed by atoms with van der Waals surface area (Å²) in [6.07, 6.45) is 2.34. The Morgan fingerprint density at radius 2 is 1.62 bits per heavy atom. The number of hydrogen-bond donors (Lipinski definition) is 1. The second kappa shape index (κ2) is 10.9. The molecule has 1 aromatic heterocycles. The summed E-state index contributed by atoms with van der Waals surface area (Å²) in [5, 5.41) is 13.9. The quantitative estimate of drug-likeness (QED) is 0.693. The molecule has 0 unspecified atom stereocenters. The van der Waals surface area contributed by atoms with Crippen LogP contribution >= 0.6 is 36.2 Å². The Morgan fingerprint density at radius 3 is 2.21 bits per heavy atom. The number of nitrogens with one attached hydrogen (secondary N) is 1. The summed E-state index contributed by atoms with van der Waals surface area (Å²) in [5.41, 5.74) is 5.06. The first-order valence-electron chi connectivity index (χ1n) is 7.77. The van der Waals surface area contributed by atoms with Crippen molar-refractivity contribution in [2.75, 3.05) is 32.5 Å². The number of anilines is 1. The van der Waals surface area contributed by atoms with E-state index in [4.69, 9.17) is 0 Å². The van der Waals surface area contributed by atoms with Crippen LogP contribution in [0.3, 0.4) is 0 Å². The molecule has 7 heteroatoms. The highest BCUT2D eigenvalue weighted by Gasteiger charge is 2.12. The van der Waals surface area contributed by atoms with Gasteiger partial charge in [0.05, 0.1) is 0 Å². The van der Waals surface area contributed by atoms with Crippen molar-refractivity contribution in [2.24, 2.45) is 0 Å². The molecule has 0 atom stereocenters. The minimum atomic E-state index is 0. The molecule has 0 saturated carbocycles. The molecule has 1 heterocycles. The van der Waals surface area contributed by atoms with Gasteiger partial charge in [0.1, 0.15) is 5.01 Å². The van der Waals surface area contributed by atoms with E-state index in [1.54, 1.807) is 11.3 Å². The van der Waals surface area contributed by atoms with E-state index in [1.165, 1.54) is 28.7 Å². The van der Waals surface area contributed by atoms with Crippen LogP contribution in [0.2, 0.25) is 0 Å². The molecule has 1 aromatic carbocycles. The first-order chi connectivity index (χ1) is 10.5. The van der Waals surface area contributed by atoms with Crippen LogP contribution < -0.4 is 5.32 Å². The van der Waals surface area contributed by atoms with Crippen molar-refractivity contribution < 1.29 is 0 Å². The zero-order chi connectivity index (χ0) is 16.1. The van der Waals surface area contributed by atoms with Gasteiger partial charge in [-0.1, -0.05) is 29.0 Å². The number of aryl methyl sites for hydroxylation is 3. The molecule has 0 aliphatic heterocycles. The van der Waals surface area contributed by atoms with Crippen LogP contribution in [-0.4, -0.2) is 42.3 Å². The fourth-order valence-electron chi connectivity index (χ4n) is 2.66. The molecule has 4 nitrogen and oxygen atoms in total. The van der Waals surface area contributed by atoms with Gasteiger partial charge in [-0.15, -0.1) is 35.0 Å². The molecular weight excluding hydrogens is 363 g/mol. The van der Waals surface area contributed by atoms with Crippen molar-refractivity contribution in [3.05, 3.63) is 28.8 Å². The fourth-order valence-corrected chi connectivity index (χ4v) is 3.61.